The quantitative estimate of drug-likeness (QED) is 0.571. The third kappa shape index (κ3) is 1.72. The average Bonchev–Trinajstić information content (AvgIpc) is 1.90. The first-order valence-electron chi connectivity index (χ1n) is 3.37. The van der Waals surface area contributed by atoms with Gasteiger partial charge in [-0.25, -0.2) is 0 Å². The second-order valence-electron chi connectivity index (χ2n) is 2.46. The van der Waals surface area contributed by atoms with Crippen LogP contribution in [-0.2, 0) is 4.74 Å². The highest BCUT2D eigenvalue weighted by molar-refractivity contribution is 5.06. The molecular weight excluding hydrogens is 114 g/mol. The predicted octanol–water partition coefficient (Wildman–Crippen LogP) is 1.03. The molecule has 0 aromatic rings. The van der Waals surface area contributed by atoms with Crippen LogP contribution in [0.2, 0.25) is 0 Å². The van der Waals surface area contributed by atoms with Gasteiger partial charge in [-0.15, -0.1) is 0 Å². The second kappa shape index (κ2) is 2.87. The smallest absolute Gasteiger partial charge is 0.0876 e. The molecule has 0 aliphatic carbocycles. The van der Waals surface area contributed by atoms with Crippen LogP contribution in [0.15, 0.2) is 11.8 Å². The molecule has 0 saturated carbocycles. The van der Waals surface area contributed by atoms with Crippen molar-refractivity contribution in [2.24, 2.45) is 5.73 Å². The Morgan fingerprint density at radius 1 is 1.78 bits per heavy atom. The van der Waals surface area contributed by atoms with E-state index in [4.69, 9.17) is 10.5 Å². The minimum Gasteiger partial charge on any atom is -0.501 e. The van der Waals surface area contributed by atoms with Crippen LogP contribution in [0.1, 0.15) is 19.8 Å². The molecule has 52 valence electrons. The van der Waals surface area contributed by atoms with Gasteiger partial charge in [0.25, 0.3) is 0 Å². The molecule has 1 aliphatic heterocycles. The Hall–Kier alpha value is -0.500. The summed E-state index contributed by atoms with van der Waals surface area (Å²) in [6, 6.07) is 0.172. The molecule has 0 fully saturated rings. The Morgan fingerprint density at radius 3 is 2.89 bits per heavy atom. The maximum absolute atomic E-state index is 5.62. The lowest BCUT2D eigenvalue weighted by Gasteiger charge is -2.15. The van der Waals surface area contributed by atoms with Crippen molar-refractivity contribution in [1.29, 1.82) is 0 Å². The largest absolute Gasteiger partial charge is 0.501 e. The van der Waals surface area contributed by atoms with Gasteiger partial charge in [0, 0.05) is 6.04 Å². The highest BCUT2D eigenvalue weighted by Gasteiger charge is 2.07. The van der Waals surface area contributed by atoms with Gasteiger partial charge >= 0.3 is 0 Å². The topological polar surface area (TPSA) is 35.2 Å². The summed E-state index contributed by atoms with van der Waals surface area (Å²) in [5.41, 5.74) is 6.86. The SMILES string of the molecule is C[C@@H](N)C1=COCCC1. The lowest BCUT2D eigenvalue weighted by molar-refractivity contribution is 0.222. The third-order valence-electron chi connectivity index (χ3n) is 1.55. The van der Waals surface area contributed by atoms with Gasteiger partial charge in [0.15, 0.2) is 0 Å². The van der Waals surface area contributed by atoms with E-state index in [0.717, 1.165) is 19.4 Å². The first-order chi connectivity index (χ1) is 4.30. The van der Waals surface area contributed by atoms with E-state index in [1.807, 2.05) is 6.92 Å². The number of ether oxygens (including phenoxy) is 1. The Labute approximate surface area is 55.7 Å². The molecular formula is C7H13NO. The normalized spacial score (nSPS) is 22.2. The van der Waals surface area contributed by atoms with Crippen LogP contribution in [0, 0.1) is 0 Å². The first-order valence-corrected chi connectivity index (χ1v) is 3.37. The minimum atomic E-state index is 0.172. The number of hydrogen-bond acceptors (Lipinski definition) is 2. The standard InChI is InChI=1S/C7H13NO/c1-6(8)7-3-2-4-9-5-7/h5-6H,2-4,8H2,1H3/t6-/m1/s1. The fraction of sp³-hybridized carbons (Fsp3) is 0.714. The van der Waals surface area contributed by atoms with Crippen molar-refractivity contribution in [3.63, 3.8) is 0 Å². The molecule has 1 aliphatic rings. The average molecular weight is 127 g/mol. The van der Waals surface area contributed by atoms with Crippen molar-refractivity contribution in [3.8, 4) is 0 Å². The van der Waals surface area contributed by atoms with E-state index in [0.29, 0.717) is 0 Å². The molecule has 0 aromatic carbocycles. The van der Waals surface area contributed by atoms with Crippen molar-refractivity contribution < 1.29 is 4.74 Å². The Bertz CT molecular complexity index is 118. The fourth-order valence-electron chi connectivity index (χ4n) is 0.920. The van der Waals surface area contributed by atoms with Gasteiger partial charge in [-0.3, -0.25) is 0 Å². The molecule has 2 heteroatoms. The maximum Gasteiger partial charge on any atom is 0.0876 e. The Morgan fingerprint density at radius 2 is 2.56 bits per heavy atom. The van der Waals surface area contributed by atoms with Crippen LogP contribution in [0.3, 0.4) is 0 Å². The van der Waals surface area contributed by atoms with E-state index >= 15 is 0 Å². The van der Waals surface area contributed by atoms with Gasteiger partial charge in [-0.05, 0) is 25.3 Å². The summed E-state index contributed by atoms with van der Waals surface area (Å²) in [7, 11) is 0. The molecule has 1 rings (SSSR count). The van der Waals surface area contributed by atoms with Gasteiger partial charge in [0.1, 0.15) is 0 Å². The second-order valence-corrected chi connectivity index (χ2v) is 2.46. The van der Waals surface area contributed by atoms with Crippen LogP contribution < -0.4 is 5.73 Å². The summed E-state index contributed by atoms with van der Waals surface area (Å²) in [4.78, 5) is 0. The predicted molar refractivity (Wildman–Crippen MR) is 36.9 cm³/mol. The fourth-order valence-corrected chi connectivity index (χ4v) is 0.920. The number of rotatable bonds is 1. The molecule has 9 heavy (non-hydrogen) atoms. The van der Waals surface area contributed by atoms with Gasteiger partial charge in [-0.2, -0.15) is 0 Å². The molecule has 2 nitrogen and oxygen atoms in total. The molecule has 1 atom stereocenters. The van der Waals surface area contributed by atoms with Crippen molar-refractivity contribution in [3.05, 3.63) is 11.8 Å². The molecule has 0 unspecified atom stereocenters. The van der Waals surface area contributed by atoms with E-state index in [9.17, 15) is 0 Å². The number of hydrogen-bond donors (Lipinski definition) is 1. The summed E-state index contributed by atoms with van der Waals surface area (Å²) in [5.74, 6) is 0. The lowest BCUT2D eigenvalue weighted by atomic mass is 10.1. The molecule has 0 spiro atoms. The summed E-state index contributed by atoms with van der Waals surface area (Å²) >= 11 is 0. The summed E-state index contributed by atoms with van der Waals surface area (Å²) in [5, 5.41) is 0. The zero-order chi connectivity index (χ0) is 6.69. The lowest BCUT2D eigenvalue weighted by Crippen LogP contribution is -2.20. The van der Waals surface area contributed by atoms with Crippen molar-refractivity contribution in [1.82, 2.24) is 0 Å². The number of nitrogens with two attached hydrogens (primary N) is 1. The van der Waals surface area contributed by atoms with E-state index in [1.54, 1.807) is 6.26 Å². The van der Waals surface area contributed by atoms with Crippen LogP contribution in [0.5, 0.6) is 0 Å². The maximum atomic E-state index is 5.62. The van der Waals surface area contributed by atoms with Gasteiger partial charge in [-0.1, -0.05) is 0 Å². The van der Waals surface area contributed by atoms with Crippen molar-refractivity contribution in [2.75, 3.05) is 6.61 Å². The molecule has 0 radical (unpaired) electrons. The summed E-state index contributed by atoms with van der Waals surface area (Å²) in [6.07, 6.45) is 4.03. The van der Waals surface area contributed by atoms with E-state index < -0.39 is 0 Å². The highest BCUT2D eigenvalue weighted by Crippen LogP contribution is 2.13. The molecule has 0 aromatic heterocycles. The Kier molecular flexibility index (Phi) is 2.11. The van der Waals surface area contributed by atoms with E-state index in [2.05, 4.69) is 0 Å². The zero-order valence-corrected chi connectivity index (χ0v) is 5.76. The van der Waals surface area contributed by atoms with E-state index in [-0.39, 0.29) is 6.04 Å². The van der Waals surface area contributed by atoms with Gasteiger partial charge < -0.3 is 10.5 Å². The van der Waals surface area contributed by atoms with Crippen molar-refractivity contribution >= 4 is 0 Å². The van der Waals surface area contributed by atoms with Gasteiger partial charge in [0.05, 0.1) is 12.9 Å². The van der Waals surface area contributed by atoms with E-state index in [1.165, 1.54) is 5.57 Å². The monoisotopic (exact) mass is 127 g/mol. The van der Waals surface area contributed by atoms with Crippen LogP contribution in [0.4, 0.5) is 0 Å². The zero-order valence-electron chi connectivity index (χ0n) is 5.76. The first kappa shape index (κ1) is 6.62. The minimum absolute atomic E-state index is 0.172. The molecule has 0 saturated heterocycles. The van der Waals surface area contributed by atoms with Crippen LogP contribution in [0.25, 0.3) is 0 Å². The third-order valence-corrected chi connectivity index (χ3v) is 1.55. The molecule has 0 amide bonds. The molecule has 1 heterocycles. The summed E-state index contributed by atoms with van der Waals surface area (Å²) < 4.78 is 5.10. The highest BCUT2D eigenvalue weighted by atomic mass is 16.5. The molecule has 2 N–H and O–H groups in total. The molecule has 0 bridgehead atoms. The summed E-state index contributed by atoms with van der Waals surface area (Å²) in [6.45, 7) is 2.84. The van der Waals surface area contributed by atoms with Crippen LogP contribution in [-0.4, -0.2) is 12.6 Å². The Balaban J connectivity index is 2.46. The van der Waals surface area contributed by atoms with Gasteiger partial charge in [0.2, 0.25) is 0 Å². The van der Waals surface area contributed by atoms with Crippen molar-refractivity contribution in [2.45, 2.75) is 25.8 Å². The van der Waals surface area contributed by atoms with Crippen LogP contribution >= 0.6 is 0 Å².